The molecule has 0 spiro atoms. The fourth-order valence-corrected chi connectivity index (χ4v) is 2.75. The van der Waals surface area contributed by atoms with Crippen molar-refractivity contribution in [1.82, 2.24) is 15.2 Å². The average molecular weight is 290 g/mol. The summed E-state index contributed by atoms with van der Waals surface area (Å²) in [5, 5.41) is 13.6. The van der Waals surface area contributed by atoms with E-state index in [1.807, 2.05) is 6.92 Å². The standard InChI is InChI=1S/C15H22N4S/c1-5-6-9-16-15-19-18-14(20-15)12-7-8-13(10(2)3)17-11(12)4/h7-8,10H,5-6,9H2,1-4H3,(H,16,19). The van der Waals surface area contributed by atoms with Crippen LogP contribution in [0.15, 0.2) is 12.1 Å². The first-order valence-electron chi connectivity index (χ1n) is 7.17. The molecule has 0 saturated heterocycles. The van der Waals surface area contributed by atoms with E-state index in [4.69, 9.17) is 0 Å². The van der Waals surface area contributed by atoms with Crippen molar-refractivity contribution in [3.05, 3.63) is 23.5 Å². The minimum absolute atomic E-state index is 0.448. The number of aromatic nitrogens is 3. The van der Waals surface area contributed by atoms with E-state index in [2.05, 4.69) is 53.4 Å². The van der Waals surface area contributed by atoms with Crippen LogP contribution in [-0.2, 0) is 0 Å². The minimum atomic E-state index is 0.448. The lowest BCUT2D eigenvalue weighted by Gasteiger charge is -2.07. The van der Waals surface area contributed by atoms with Gasteiger partial charge in [0.15, 0.2) is 5.01 Å². The topological polar surface area (TPSA) is 50.7 Å². The van der Waals surface area contributed by atoms with Gasteiger partial charge in [0.2, 0.25) is 5.13 Å². The number of hydrogen-bond acceptors (Lipinski definition) is 5. The van der Waals surface area contributed by atoms with Gasteiger partial charge in [-0.05, 0) is 31.4 Å². The molecule has 0 bridgehead atoms. The maximum absolute atomic E-state index is 4.65. The predicted molar refractivity (Wildman–Crippen MR) is 85.4 cm³/mol. The monoisotopic (exact) mass is 290 g/mol. The molecule has 0 amide bonds. The number of nitrogens with one attached hydrogen (secondary N) is 1. The minimum Gasteiger partial charge on any atom is -0.360 e. The van der Waals surface area contributed by atoms with E-state index < -0.39 is 0 Å². The number of hydrogen-bond donors (Lipinski definition) is 1. The Bertz CT molecular complexity index is 563. The van der Waals surface area contributed by atoms with E-state index in [9.17, 15) is 0 Å². The Morgan fingerprint density at radius 2 is 2.05 bits per heavy atom. The lowest BCUT2D eigenvalue weighted by molar-refractivity contribution is 0.816. The molecule has 4 nitrogen and oxygen atoms in total. The Morgan fingerprint density at radius 3 is 2.70 bits per heavy atom. The summed E-state index contributed by atoms with van der Waals surface area (Å²) in [5.41, 5.74) is 3.22. The van der Waals surface area contributed by atoms with Crippen molar-refractivity contribution in [2.45, 2.75) is 46.5 Å². The smallest absolute Gasteiger partial charge is 0.206 e. The summed E-state index contributed by atoms with van der Waals surface area (Å²) in [4.78, 5) is 4.65. The molecular formula is C15H22N4S. The van der Waals surface area contributed by atoms with E-state index in [1.165, 1.54) is 6.42 Å². The number of anilines is 1. The van der Waals surface area contributed by atoms with Crippen LogP contribution in [0, 0.1) is 6.92 Å². The summed E-state index contributed by atoms with van der Waals surface area (Å²) >= 11 is 1.59. The molecule has 0 atom stereocenters. The molecule has 1 N–H and O–H groups in total. The van der Waals surface area contributed by atoms with E-state index in [0.29, 0.717) is 5.92 Å². The van der Waals surface area contributed by atoms with Crippen LogP contribution in [-0.4, -0.2) is 21.7 Å². The number of aryl methyl sites for hydroxylation is 1. The van der Waals surface area contributed by atoms with Crippen molar-refractivity contribution >= 4 is 16.5 Å². The zero-order valence-corrected chi connectivity index (χ0v) is 13.4. The highest BCUT2D eigenvalue weighted by molar-refractivity contribution is 7.18. The van der Waals surface area contributed by atoms with Gasteiger partial charge in [-0.3, -0.25) is 4.98 Å². The molecule has 0 aliphatic rings. The fraction of sp³-hybridized carbons (Fsp3) is 0.533. The van der Waals surface area contributed by atoms with Gasteiger partial charge in [-0.2, -0.15) is 0 Å². The second-order valence-electron chi connectivity index (χ2n) is 5.22. The van der Waals surface area contributed by atoms with Crippen LogP contribution in [0.25, 0.3) is 10.6 Å². The second kappa shape index (κ2) is 6.79. The first kappa shape index (κ1) is 14.9. The van der Waals surface area contributed by atoms with Crippen LogP contribution in [0.2, 0.25) is 0 Å². The van der Waals surface area contributed by atoms with Gasteiger partial charge in [-0.1, -0.05) is 38.5 Å². The van der Waals surface area contributed by atoms with Crippen LogP contribution in [0.4, 0.5) is 5.13 Å². The molecule has 0 unspecified atom stereocenters. The van der Waals surface area contributed by atoms with Crippen molar-refractivity contribution in [3.63, 3.8) is 0 Å². The van der Waals surface area contributed by atoms with Crippen molar-refractivity contribution in [3.8, 4) is 10.6 Å². The Kier molecular flexibility index (Phi) is 5.06. The molecule has 2 aromatic rings. The van der Waals surface area contributed by atoms with Crippen molar-refractivity contribution in [1.29, 1.82) is 0 Å². The molecule has 0 aliphatic heterocycles. The maximum atomic E-state index is 4.65. The molecule has 2 rings (SSSR count). The average Bonchev–Trinajstić information content (AvgIpc) is 2.87. The van der Waals surface area contributed by atoms with E-state index in [0.717, 1.165) is 40.1 Å². The summed E-state index contributed by atoms with van der Waals surface area (Å²) in [6.45, 7) is 9.48. The Balaban J connectivity index is 2.15. The van der Waals surface area contributed by atoms with Crippen LogP contribution in [0.3, 0.4) is 0 Å². The van der Waals surface area contributed by atoms with Gasteiger partial charge in [0, 0.05) is 23.5 Å². The Labute approximate surface area is 124 Å². The maximum Gasteiger partial charge on any atom is 0.206 e. The molecule has 20 heavy (non-hydrogen) atoms. The highest BCUT2D eigenvalue weighted by atomic mass is 32.1. The third-order valence-corrected chi connectivity index (χ3v) is 4.08. The summed E-state index contributed by atoms with van der Waals surface area (Å²) < 4.78 is 0. The quantitative estimate of drug-likeness (QED) is 0.808. The Hall–Kier alpha value is -1.49. The Morgan fingerprint density at radius 1 is 1.25 bits per heavy atom. The first-order chi connectivity index (χ1) is 9.61. The number of rotatable bonds is 6. The van der Waals surface area contributed by atoms with Gasteiger partial charge in [0.1, 0.15) is 0 Å². The van der Waals surface area contributed by atoms with Crippen LogP contribution >= 0.6 is 11.3 Å². The van der Waals surface area contributed by atoms with Crippen LogP contribution in [0.1, 0.15) is 50.9 Å². The van der Waals surface area contributed by atoms with E-state index in [1.54, 1.807) is 11.3 Å². The van der Waals surface area contributed by atoms with Crippen LogP contribution in [0.5, 0.6) is 0 Å². The first-order valence-corrected chi connectivity index (χ1v) is 7.98. The molecule has 0 radical (unpaired) electrons. The highest BCUT2D eigenvalue weighted by Crippen LogP contribution is 2.29. The fourth-order valence-electron chi connectivity index (χ4n) is 1.90. The zero-order chi connectivity index (χ0) is 14.5. The normalized spacial score (nSPS) is 11.1. The van der Waals surface area contributed by atoms with Gasteiger partial charge in [-0.25, -0.2) is 0 Å². The van der Waals surface area contributed by atoms with E-state index >= 15 is 0 Å². The van der Waals surface area contributed by atoms with E-state index in [-0.39, 0.29) is 0 Å². The highest BCUT2D eigenvalue weighted by Gasteiger charge is 2.11. The SMILES string of the molecule is CCCCNc1nnc(-c2ccc(C(C)C)nc2C)s1. The van der Waals surface area contributed by atoms with Crippen molar-refractivity contribution in [2.24, 2.45) is 0 Å². The third kappa shape index (κ3) is 3.54. The summed E-state index contributed by atoms with van der Waals surface area (Å²) in [5.74, 6) is 0.448. The molecule has 2 heterocycles. The van der Waals surface area contributed by atoms with Gasteiger partial charge in [0.25, 0.3) is 0 Å². The molecule has 5 heteroatoms. The van der Waals surface area contributed by atoms with Crippen molar-refractivity contribution < 1.29 is 0 Å². The molecule has 0 aromatic carbocycles. The molecule has 108 valence electrons. The largest absolute Gasteiger partial charge is 0.360 e. The van der Waals surface area contributed by atoms with Gasteiger partial charge in [0.05, 0.1) is 0 Å². The molecule has 0 aliphatic carbocycles. The van der Waals surface area contributed by atoms with Gasteiger partial charge < -0.3 is 5.32 Å². The molecular weight excluding hydrogens is 268 g/mol. The number of unbranched alkanes of at least 4 members (excludes halogenated alkanes) is 1. The predicted octanol–water partition coefficient (Wildman–Crippen LogP) is 4.24. The van der Waals surface area contributed by atoms with Gasteiger partial charge >= 0.3 is 0 Å². The number of pyridine rings is 1. The van der Waals surface area contributed by atoms with Gasteiger partial charge in [-0.15, -0.1) is 10.2 Å². The molecule has 0 fully saturated rings. The summed E-state index contributed by atoms with van der Waals surface area (Å²) in [6, 6.07) is 4.19. The lowest BCUT2D eigenvalue weighted by atomic mass is 10.1. The molecule has 0 saturated carbocycles. The van der Waals surface area contributed by atoms with Crippen LogP contribution < -0.4 is 5.32 Å². The second-order valence-corrected chi connectivity index (χ2v) is 6.19. The molecule has 2 aromatic heterocycles. The summed E-state index contributed by atoms with van der Waals surface area (Å²) in [6.07, 6.45) is 2.33. The number of nitrogens with zero attached hydrogens (tertiary/aromatic N) is 3. The third-order valence-electron chi connectivity index (χ3n) is 3.16. The van der Waals surface area contributed by atoms with Crippen molar-refractivity contribution in [2.75, 3.05) is 11.9 Å². The summed E-state index contributed by atoms with van der Waals surface area (Å²) in [7, 11) is 0. The lowest BCUT2D eigenvalue weighted by Crippen LogP contribution is -1.99. The zero-order valence-electron chi connectivity index (χ0n) is 12.6.